The molecule has 1 fully saturated rings. The molecule has 1 aliphatic heterocycles. The molecule has 1 aliphatic rings. The van der Waals surface area contributed by atoms with Crippen LogP contribution >= 0.6 is 11.3 Å². The summed E-state index contributed by atoms with van der Waals surface area (Å²) in [5.41, 5.74) is 0.532. The van der Waals surface area contributed by atoms with Gasteiger partial charge in [0, 0.05) is 23.7 Å². The van der Waals surface area contributed by atoms with Gasteiger partial charge in [0.2, 0.25) is 15.9 Å². The number of amides is 1. The fourth-order valence-corrected chi connectivity index (χ4v) is 5.88. The van der Waals surface area contributed by atoms with Gasteiger partial charge in [-0.15, -0.1) is 11.3 Å². The van der Waals surface area contributed by atoms with Crippen LogP contribution in [0.2, 0.25) is 0 Å². The van der Waals surface area contributed by atoms with Crippen LogP contribution < -0.4 is 10.6 Å². The average molecular weight is 434 g/mol. The van der Waals surface area contributed by atoms with Gasteiger partial charge in [0.25, 0.3) is 0 Å². The lowest BCUT2D eigenvalue weighted by Crippen LogP contribution is -2.46. The maximum atomic E-state index is 13.3. The van der Waals surface area contributed by atoms with E-state index in [0.29, 0.717) is 18.0 Å². The predicted molar refractivity (Wildman–Crippen MR) is 118 cm³/mol. The van der Waals surface area contributed by atoms with Gasteiger partial charge in [0.05, 0.1) is 4.90 Å². The second-order valence-corrected chi connectivity index (χ2v) is 10.2. The van der Waals surface area contributed by atoms with Crippen LogP contribution in [0.3, 0.4) is 0 Å². The molecule has 6 nitrogen and oxygen atoms in total. The van der Waals surface area contributed by atoms with Crippen LogP contribution in [0.15, 0.2) is 59.3 Å². The molecule has 2 N–H and O–H groups in total. The molecule has 2 heterocycles. The highest BCUT2D eigenvalue weighted by Crippen LogP contribution is 2.29. The van der Waals surface area contributed by atoms with E-state index in [9.17, 15) is 13.2 Å². The number of piperidine rings is 1. The van der Waals surface area contributed by atoms with E-state index in [1.54, 1.807) is 34.8 Å². The summed E-state index contributed by atoms with van der Waals surface area (Å²) in [7, 11) is -1.97. The Morgan fingerprint density at radius 1 is 1.31 bits per heavy atom. The minimum Gasteiger partial charge on any atom is -0.323 e. The number of hydrogen-bond acceptors (Lipinski definition) is 5. The second-order valence-electron chi connectivity index (χ2n) is 7.18. The topological polar surface area (TPSA) is 78.5 Å². The first kappa shape index (κ1) is 21.7. The molecule has 0 aliphatic carbocycles. The van der Waals surface area contributed by atoms with E-state index in [2.05, 4.69) is 23.3 Å². The Kier molecular flexibility index (Phi) is 7.23. The van der Waals surface area contributed by atoms with Gasteiger partial charge in [0.15, 0.2) is 0 Å². The first-order valence-corrected chi connectivity index (χ1v) is 12.0. The molecule has 0 saturated carbocycles. The van der Waals surface area contributed by atoms with Crippen molar-refractivity contribution in [1.29, 1.82) is 0 Å². The number of likely N-dealkylation sites (N-methyl/N-ethyl adjacent to an activating group) is 1. The van der Waals surface area contributed by atoms with Crippen molar-refractivity contribution in [1.82, 2.24) is 9.62 Å². The lowest BCUT2D eigenvalue weighted by atomic mass is 9.88. The Morgan fingerprint density at radius 3 is 2.59 bits per heavy atom. The Morgan fingerprint density at radius 2 is 2.00 bits per heavy atom. The third-order valence-corrected chi connectivity index (χ3v) is 8.17. The number of sulfonamides is 1. The van der Waals surface area contributed by atoms with Crippen LogP contribution in [0.1, 0.15) is 17.7 Å². The lowest BCUT2D eigenvalue weighted by molar-refractivity contribution is -0.111. The van der Waals surface area contributed by atoms with Gasteiger partial charge >= 0.3 is 0 Å². The van der Waals surface area contributed by atoms with E-state index in [-0.39, 0.29) is 16.8 Å². The van der Waals surface area contributed by atoms with Crippen molar-refractivity contribution in [3.05, 3.63) is 59.3 Å². The standard InChI is InChI=1S/C21H27N3O3S2/c1-3-21(25)23-17-6-8-19(9-7-17)29(26,27)24(2)20(15-18-5-4-14-28-18)16-10-12-22-13-11-16/h3-9,14,16,20,22H,1,10-13,15H2,2H3,(H,23,25). The number of rotatable bonds is 8. The molecule has 3 rings (SSSR count). The summed E-state index contributed by atoms with van der Waals surface area (Å²) in [6.07, 6.45) is 3.81. The number of carbonyl (C=O) groups is 1. The van der Waals surface area contributed by atoms with E-state index in [1.807, 2.05) is 11.4 Å². The molecule has 1 amide bonds. The van der Waals surface area contributed by atoms with E-state index in [0.717, 1.165) is 25.9 Å². The molecular weight excluding hydrogens is 406 g/mol. The molecule has 0 radical (unpaired) electrons. The molecule has 1 atom stereocenters. The number of anilines is 1. The van der Waals surface area contributed by atoms with Gasteiger partial charge in [-0.25, -0.2) is 8.42 Å². The zero-order valence-corrected chi connectivity index (χ0v) is 18.1. The van der Waals surface area contributed by atoms with E-state index in [1.165, 1.54) is 23.1 Å². The predicted octanol–water partition coefficient (Wildman–Crippen LogP) is 3.10. The van der Waals surface area contributed by atoms with Gasteiger partial charge in [-0.05, 0) is 80.1 Å². The number of benzene rings is 1. The molecule has 1 unspecified atom stereocenters. The number of thiophene rings is 1. The monoisotopic (exact) mass is 433 g/mol. The Hall–Kier alpha value is -2.00. The summed E-state index contributed by atoms with van der Waals surface area (Å²) in [6.45, 7) is 5.24. The van der Waals surface area contributed by atoms with E-state index < -0.39 is 10.0 Å². The highest BCUT2D eigenvalue weighted by atomic mass is 32.2. The van der Waals surface area contributed by atoms with Gasteiger partial charge in [-0.1, -0.05) is 12.6 Å². The third-order valence-electron chi connectivity index (χ3n) is 5.37. The van der Waals surface area contributed by atoms with Gasteiger partial charge < -0.3 is 10.6 Å². The lowest BCUT2D eigenvalue weighted by Gasteiger charge is -2.36. The summed E-state index contributed by atoms with van der Waals surface area (Å²) in [4.78, 5) is 12.8. The molecule has 1 saturated heterocycles. The minimum absolute atomic E-state index is 0.0964. The van der Waals surface area contributed by atoms with Gasteiger partial charge in [-0.3, -0.25) is 4.79 Å². The van der Waals surface area contributed by atoms with Crippen LogP contribution in [-0.2, 0) is 21.2 Å². The molecule has 0 bridgehead atoms. The fraction of sp³-hybridized carbons (Fsp3) is 0.381. The molecule has 1 aromatic carbocycles. The number of nitrogens with zero attached hydrogens (tertiary/aromatic N) is 1. The van der Waals surface area contributed by atoms with Crippen LogP contribution in [-0.4, -0.2) is 44.8 Å². The van der Waals surface area contributed by atoms with Crippen molar-refractivity contribution in [3.8, 4) is 0 Å². The van der Waals surface area contributed by atoms with E-state index >= 15 is 0 Å². The Bertz CT molecular complexity index is 919. The zero-order valence-electron chi connectivity index (χ0n) is 16.5. The molecular formula is C21H27N3O3S2. The van der Waals surface area contributed by atoms with Gasteiger partial charge in [-0.2, -0.15) is 4.31 Å². The van der Waals surface area contributed by atoms with Gasteiger partial charge in [0.1, 0.15) is 0 Å². The molecule has 0 spiro atoms. The third kappa shape index (κ3) is 5.33. The Balaban J connectivity index is 1.83. The normalized spacial score (nSPS) is 16.5. The molecule has 1 aromatic heterocycles. The summed E-state index contributed by atoms with van der Waals surface area (Å²) < 4.78 is 28.2. The molecule has 156 valence electrons. The van der Waals surface area contributed by atoms with Crippen LogP contribution in [0.25, 0.3) is 0 Å². The van der Waals surface area contributed by atoms with Crippen molar-refractivity contribution >= 4 is 33.0 Å². The highest BCUT2D eigenvalue weighted by molar-refractivity contribution is 7.89. The quantitative estimate of drug-likeness (QED) is 0.627. The van der Waals surface area contributed by atoms with E-state index in [4.69, 9.17) is 0 Å². The molecule has 2 aromatic rings. The first-order chi connectivity index (χ1) is 13.9. The smallest absolute Gasteiger partial charge is 0.247 e. The maximum Gasteiger partial charge on any atom is 0.247 e. The number of hydrogen-bond donors (Lipinski definition) is 2. The van der Waals surface area contributed by atoms with Crippen LogP contribution in [0.4, 0.5) is 5.69 Å². The highest BCUT2D eigenvalue weighted by Gasteiger charge is 2.34. The zero-order chi connectivity index (χ0) is 20.9. The maximum absolute atomic E-state index is 13.3. The average Bonchev–Trinajstić information content (AvgIpc) is 3.25. The first-order valence-electron chi connectivity index (χ1n) is 9.66. The Labute approximate surface area is 176 Å². The van der Waals surface area contributed by atoms with Crippen LogP contribution in [0, 0.1) is 5.92 Å². The summed E-state index contributed by atoms with van der Waals surface area (Å²) in [5.74, 6) is -0.0241. The van der Waals surface area contributed by atoms with Crippen molar-refractivity contribution in [2.45, 2.75) is 30.2 Å². The SMILES string of the molecule is C=CC(=O)Nc1ccc(S(=O)(=O)N(C)C(Cc2cccs2)C2CCNCC2)cc1. The van der Waals surface area contributed by atoms with Crippen molar-refractivity contribution < 1.29 is 13.2 Å². The summed E-state index contributed by atoms with van der Waals surface area (Å²) >= 11 is 1.66. The van der Waals surface area contributed by atoms with Crippen LogP contribution in [0.5, 0.6) is 0 Å². The number of nitrogens with one attached hydrogen (secondary N) is 2. The summed E-state index contributed by atoms with van der Waals surface area (Å²) in [5, 5.41) is 8.02. The number of carbonyl (C=O) groups excluding carboxylic acids is 1. The largest absolute Gasteiger partial charge is 0.323 e. The van der Waals surface area contributed by atoms with Crippen molar-refractivity contribution in [2.75, 3.05) is 25.5 Å². The summed E-state index contributed by atoms with van der Waals surface area (Å²) in [6, 6.07) is 10.2. The minimum atomic E-state index is -3.66. The molecule has 29 heavy (non-hydrogen) atoms. The second kappa shape index (κ2) is 9.67. The van der Waals surface area contributed by atoms with Crippen molar-refractivity contribution in [3.63, 3.8) is 0 Å². The molecule has 8 heteroatoms. The fourth-order valence-electron chi connectivity index (χ4n) is 3.70. The van der Waals surface area contributed by atoms with Crippen molar-refractivity contribution in [2.24, 2.45) is 5.92 Å².